The number of nitrogens with one attached hydrogen (secondary N) is 5. The monoisotopic (exact) mass is 638 g/mol. The van der Waals surface area contributed by atoms with Crippen LogP contribution < -0.4 is 31.1 Å². The highest BCUT2D eigenvalue weighted by atomic mass is 32.2. The van der Waals surface area contributed by atoms with Gasteiger partial charge in [-0.1, -0.05) is 34.1 Å². The van der Waals surface area contributed by atoms with Gasteiger partial charge in [0.1, 0.15) is 23.4 Å². The molecule has 2 amide bonds. The molecule has 1 aromatic rings. The Morgan fingerprint density at radius 3 is 2.16 bits per heavy atom. The SMILES string of the molecule is CC[C@H](C)[C@H](NC(=O)[C@@H](N)CCCNC(=N)NS(=O)(=O)c1c(C)c(C)c2c(c1C)CC(C)(C)O2)C(=O)N[C@H](C(=O)O)C(C)C. The Bertz CT molecular complexity index is 1380. The van der Waals surface area contributed by atoms with Crippen LogP contribution in [0.2, 0.25) is 0 Å². The van der Waals surface area contributed by atoms with E-state index in [4.69, 9.17) is 15.9 Å². The summed E-state index contributed by atoms with van der Waals surface area (Å²) in [5, 5.41) is 25.5. The molecule has 0 aromatic heterocycles. The number of amides is 2. The first-order valence-corrected chi connectivity index (χ1v) is 16.5. The van der Waals surface area contributed by atoms with Crippen molar-refractivity contribution in [2.75, 3.05) is 6.54 Å². The summed E-state index contributed by atoms with van der Waals surface area (Å²) in [5.41, 5.74) is 8.38. The smallest absolute Gasteiger partial charge is 0.326 e. The van der Waals surface area contributed by atoms with Gasteiger partial charge in [-0.3, -0.25) is 15.0 Å². The van der Waals surface area contributed by atoms with Gasteiger partial charge in [0.2, 0.25) is 17.8 Å². The Morgan fingerprint density at radius 1 is 1.02 bits per heavy atom. The van der Waals surface area contributed by atoms with Crippen LogP contribution in [0.5, 0.6) is 5.75 Å². The minimum absolute atomic E-state index is 0.128. The first-order valence-electron chi connectivity index (χ1n) is 15.0. The summed E-state index contributed by atoms with van der Waals surface area (Å²) >= 11 is 0. The molecule has 44 heavy (non-hydrogen) atoms. The van der Waals surface area contributed by atoms with Gasteiger partial charge < -0.3 is 31.5 Å². The highest BCUT2D eigenvalue weighted by Crippen LogP contribution is 2.43. The van der Waals surface area contributed by atoms with Crippen molar-refractivity contribution in [1.82, 2.24) is 20.7 Å². The zero-order valence-electron chi connectivity index (χ0n) is 27.3. The molecule has 0 radical (unpaired) electrons. The number of ether oxygens (including phenoxy) is 1. The van der Waals surface area contributed by atoms with Crippen molar-refractivity contribution in [1.29, 1.82) is 5.41 Å². The molecule has 0 fully saturated rings. The average molecular weight is 639 g/mol. The summed E-state index contributed by atoms with van der Waals surface area (Å²) in [5.74, 6) is -2.65. The highest BCUT2D eigenvalue weighted by Gasteiger charge is 2.37. The number of hydrogen-bond acceptors (Lipinski definition) is 8. The molecule has 13 nitrogen and oxygen atoms in total. The van der Waals surface area contributed by atoms with E-state index in [9.17, 15) is 27.9 Å². The molecule has 2 rings (SSSR count). The summed E-state index contributed by atoms with van der Waals surface area (Å²) in [6, 6.07) is -3.04. The second kappa shape index (κ2) is 14.6. The third kappa shape index (κ3) is 8.84. The normalized spacial score (nSPS) is 16.6. The van der Waals surface area contributed by atoms with E-state index in [1.807, 2.05) is 27.7 Å². The third-order valence-electron chi connectivity index (χ3n) is 8.15. The predicted octanol–water partition coefficient (Wildman–Crippen LogP) is 1.99. The van der Waals surface area contributed by atoms with Gasteiger partial charge in [-0.05, 0) is 76.0 Å². The molecule has 8 N–H and O–H groups in total. The topological polar surface area (TPSA) is 213 Å². The average Bonchev–Trinajstić information content (AvgIpc) is 3.25. The number of rotatable bonds is 14. The van der Waals surface area contributed by atoms with Crippen molar-refractivity contribution in [2.45, 2.75) is 117 Å². The van der Waals surface area contributed by atoms with E-state index < -0.39 is 57.5 Å². The minimum atomic E-state index is -4.08. The van der Waals surface area contributed by atoms with Gasteiger partial charge in [-0.25, -0.2) is 17.9 Å². The van der Waals surface area contributed by atoms with Gasteiger partial charge in [0, 0.05) is 18.5 Å². The molecule has 0 saturated carbocycles. The maximum atomic E-state index is 13.3. The number of benzene rings is 1. The maximum Gasteiger partial charge on any atom is 0.326 e. The van der Waals surface area contributed by atoms with Crippen molar-refractivity contribution in [3.8, 4) is 5.75 Å². The molecule has 0 bridgehead atoms. The molecule has 4 atom stereocenters. The molecule has 248 valence electrons. The molecular formula is C30H50N6O7S. The fraction of sp³-hybridized carbons (Fsp3) is 0.667. The van der Waals surface area contributed by atoms with Gasteiger partial charge in [-0.2, -0.15) is 0 Å². The van der Waals surface area contributed by atoms with Crippen LogP contribution in [0.4, 0.5) is 0 Å². The molecule has 14 heteroatoms. The molecule has 0 unspecified atom stereocenters. The second-order valence-corrected chi connectivity index (χ2v) is 14.3. The van der Waals surface area contributed by atoms with Gasteiger partial charge >= 0.3 is 5.97 Å². The van der Waals surface area contributed by atoms with E-state index in [1.165, 1.54) is 0 Å². The maximum absolute atomic E-state index is 13.3. The lowest BCUT2D eigenvalue weighted by molar-refractivity contribution is -0.143. The fourth-order valence-corrected chi connectivity index (χ4v) is 6.78. The van der Waals surface area contributed by atoms with Gasteiger partial charge in [0.25, 0.3) is 10.0 Å². The lowest BCUT2D eigenvalue weighted by Crippen LogP contribution is -2.57. The molecule has 1 heterocycles. The zero-order valence-corrected chi connectivity index (χ0v) is 28.1. The number of hydrogen-bond donors (Lipinski definition) is 7. The Balaban J connectivity index is 1.96. The fourth-order valence-electron chi connectivity index (χ4n) is 5.25. The number of carbonyl (C=O) groups excluding carboxylic acids is 2. The number of nitrogens with two attached hydrogens (primary N) is 1. The van der Waals surface area contributed by atoms with Crippen LogP contribution in [0.15, 0.2) is 4.90 Å². The Labute approximate surface area is 261 Å². The summed E-state index contributed by atoms with van der Waals surface area (Å²) in [7, 11) is -4.08. The Hall–Kier alpha value is -3.39. The van der Waals surface area contributed by atoms with Crippen molar-refractivity contribution in [3.63, 3.8) is 0 Å². The van der Waals surface area contributed by atoms with Crippen LogP contribution in [-0.2, 0) is 30.8 Å². The van der Waals surface area contributed by atoms with Crippen LogP contribution >= 0.6 is 0 Å². The predicted molar refractivity (Wildman–Crippen MR) is 168 cm³/mol. The van der Waals surface area contributed by atoms with E-state index in [0.29, 0.717) is 36.1 Å². The van der Waals surface area contributed by atoms with Gasteiger partial charge in [0.05, 0.1) is 10.9 Å². The Morgan fingerprint density at radius 2 is 1.61 bits per heavy atom. The number of sulfonamides is 1. The summed E-state index contributed by atoms with van der Waals surface area (Å²) in [4.78, 5) is 37.4. The summed E-state index contributed by atoms with van der Waals surface area (Å²) < 4.78 is 35.0. The highest BCUT2D eigenvalue weighted by molar-refractivity contribution is 7.90. The van der Waals surface area contributed by atoms with Crippen molar-refractivity contribution in [3.05, 3.63) is 22.3 Å². The van der Waals surface area contributed by atoms with E-state index in [-0.39, 0.29) is 29.7 Å². The number of guanidine groups is 1. The van der Waals surface area contributed by atoms with Gasteiger partial charge in [-0.15, -0.1) is 0 Å². The molecule has 0 spiro atoms. The van der Waals surface area contributed by atoms with Crippen LogP contribution in [0, 0.1) is 38.0 Å². The number of carboxylic acids is 1. The standard InChI is InChI=1S/C30H50N6O7S/c1-10-16(4)23(27(38)34-22(15(2)3)28(39)40)35-26(37)21(31)12-11-13-33-29(32)36-44(41,42)25-18(6)17(5)24-20(19(25)7)14-30(8,9)43-24/h15-16,21-23H,10-14,31H2,1-9H3,(H,34,38)(H,35,37)(H,39,40)(H3,32,33,36)/t16-,21-,22-,23-/m0/s1. The Kier molecular flexibility index (Phi) is 12.2. The minimum Gasteiger partial charge on any atom is -0.487 e. The van der Waals surface area contributed by atoms with E-state index in [1.54, 1.807) is 34.6 Å². The van der Waals surface area contributed by atoms with E-state index >= 15 is 0 Å². The second-order valence-electron chi connectivity index (χ2n) is 12.6. The van der Waals surface area contributed by atoms with E-state index in [0.717, 1.165) is 11.1 Å². The number of fused-ring (bicyclic) bond motifs is 1. The third-order valence-corrected chi connectivity index (χ3v) is 9.77. The van der Waals surface area contributed by atoms with Crippen molar-refractivity contribution in [2.24, 2.45) is 17.6 Å². The zero-order chi connectivity index (χ0) is 33.7. The number of aliphatic carboxylic acids is 1. The number of carboxylic acid groups (broad SMARTS) is 1. The van der Waals surface area contributed by atoms with Crippen LogP contribution in [0.1, 0.15) is 83.1 Å². The molecule has 1 aromatic carbocycles. The summed E-state index contributed by atoms with van der Waals surface area (Å²) in [6.07, 6.45) is 1.65. The summed E-state index contributed by atoms with van der Waals surface area (Å²) in [6.45, 7) is 16.3. The van der Waals surface area contributed by atoms with Crippen molar-refractivity contribution >= 4 is 33.8 Å². The largest absolute Gasteiger partial charge is 0.487 e. The van der Waals surface area contributed by atoms with Gasteiger partial charge in [0.15, 0.2) is 0 Å². The molecular weight excluding hydrogens is 588 g/mol. The van der Waals surface area contributed by atoms with Crippen LogP contribution in [-0.4, -0.2) is 67.5 Å². The molecule has 1 aliphatic rings. The van der Waals surface area contributed by atoms with Crippen molar-refractivity contribution < 1.29 is 32.6 Å². The molecule has 0 aliphatic carbocycles. The first kappa shape index (κ1) is 36.8. The molecule has 0 saturated heterocycles. The van der Waals surface area contributed by atoms with E-state index in [2.05, 4.69) is 20.7 Å². The quantitative estimate of drug-likeness (QED) is 0.0900. The lowest BCUT2D eigenvalue weighted by Gasteiger charge is -2.27. The molecule has 1 aliphatic heterocycles. The lowest BCUT2D eigenvalue weighted by atomic mass is 9.94. The number of carbonyl (C=O) groups is 3. The van der Waals surface area contributed by atoms with Crippen LogP contribution in [0.3, 0.4) is 0 Å². The first-order chi connectivity index (χ1) is 20.2. The van der Waals surface area contributed by atoms with Crippen LogP contribution in [0.25, 0.3) is 0 Å².